The lowest BCUT2D eigenvalue weighted by Gasteiger charge is -2.21. The van der Waals surface area contributed by atoms with E-state index in [1.807, 2.05) is 43.3 Å². The number of rotatable bonds is 9. The molecule has 0 heterocycles. The number of hydrogen-bond donors (Lipinski definition) is 0. The average molecular weight is 505 g/mol. The third kappa shape index (κ3) is 5.96. The Labute approximate surface area is 214 Å². The number of para-hydroxylation sites is 2. The van der Waals surface area contributed by atoms with E-state index < -0.39 is 11.9 Å². The molecule has 184 valence electrons. The smallest absolute Gasteiger partial charge is 0.311 e. The summed E-state index contributed by atoms with van der Waals surface area (Å²) in [6.07, 6.45) is 1.75. The van der Waals surface area contributed by atoms with Gasteiger partial charge in [-0.3, -0.25) is 9.59 Å². The molecule has 0 unspecified atom stereocenters. The number of hydrogen-bond acceptors (Lipinski definition) is 6. The van der Waals surface area contributed by atoms with Gasteiger partial charge in [0.15, 0.2) is 11.5 Å². The van der Waals surface area contributed by atoms with Crippen molar-refractivity contribution < 1.29 is 28.5 Å². The molecular weight excluding hydrogens is 480 g/mol. The largest absolute Gasteiger partial charge is 0.449 e. The summed E-state index contributed by atoms with van der Waals surface area (Å²) in [6, 6.07) is 22.9. The summed E-state index contributed by atoms with van der Waals surface area (Å²) in [6.45, 7) is 3.29. The van der Waals surface area contributed by atoms with Crippen LogP contribution in [0.5, 0.6) is 34.5 Å². The van der Waals surface area contributed by atoms with Crippen LogP contribution in [0.2, 0.25) is 5.02 Å². The van der Waals surface area contributed by atoms with Crippen LogP contribution in [0.1, 0.15) is 33.1 Å². The number of benzene rings is 4. The molecule has 6 nitrogen and oxygen atoms in total. The second-order valence-electron chi connectivity index (χ2n) is 8.01. The van der Waals surface area contributed by atoms with Gasteiger partial charge in [-0.05, 0) is 48.9 Å². The minimum atomic E-state index is -0.562. The number of halogens is 1. The van der Waals surface area contributed by atoms with Gasteiger partial charge in [-0.2, -0.15) is 0 Å². The molecule has 0 aromatic heterocycles. The predicted octanol–water partition coefficient (Wildman–Crippen LogP) is 8.10. The number of carbonyl (C=O) groups excluding carboxylic acids is 2. The highest BCUT2D eigenvalue weighted by Gasteiger charge is 2.28. The summed E-state index contributed by atoms with van der Waals surface area (Å²) in [4.78, 5) is 24.9. The molecule has 0 atom stereocenters. The third-order valence-electron chi connectivity index (χ3n) is 5.21. The molecule has 0 radical (unpaired) electrons. The maximum Gasteiger partial charge on any atom is 0.311 e. The zero-order valence-corrected chi connectivity index (χ0v) is 20.7. The maximum absolute atomic E-state index is 12.8. The quantitative estimate of drug-likeness (QED) is 0.169. The van der Waals surface area contributed by atoms with Gasteiger partial charge in [0.05, 0.1) is 0 Å². The standard InChI is InChI=1S/C29H25ClO6/c1-3-4-15-25(32)36-26-23-17-16-20(30)18-24(23)27(33-19(2)31)29(35-22-13-9-6-10-14-22)28(26)34-21-11-7-5-8-12-21/h5-14,16-18H,3-4,15H2,1-2H3. The molecule has 0 saturated carbocycles. The number of fused-ring (bicyclic) bond motifs is 1. The Bertz CT molecular complexity index is 1370. The lowest BCUT2D eigenvalue weighted by Crippen LogP contribution is -2.10. The molecule has 4 aromatic rings. The molecule has 0 aliphatic carbocycles. The third-order valence-corrected chi connectivity index (χ3v) is 5.45. The summed E-state index contributed by atoms with van der Waals surface area (Å²) >= 11 is 6.32. The van der Waals surface area contributed by atoms with Crippen LogP contribution in [0.4, 0.5) is 0 Å². The lowest BCUT2D eigenvalue weighted by atomic mass is 10.1. The van der Waals surface area contributed by atoms with Gasteiger partial charge in [0, 0.05) is 29.1 Å². The van der Waals surface area contributed by atoms with Crippen molar-refractivity contribution in [3.8, 4) is 34.5 Å². The Morgan fingerprint density at radius 1 is 0.722 bits per heavy atom. The van der Waals surface area contributed by atoms with E-state index in [1.165, 1.54) is 6.92 Å². The number of carbonyl (C=O) groups is 2. The molecule has 7 heteroatoms. The van der Waals surface area contributed by atoms with Crippen molar-refractivity contribution in [2.75, 3.05) is 0 Å². The van der Waals surface area contributed by atoms with Crippen molar-refractivity contribution in [1.29, 1.82) is 0 Å². The van der Waals surface area contributed by atoms with Crippen LogP contribution in [-0.4, -0.2) is 11.9 Å². The maximum atomic E-state index is 12.8. The van der Waals surface area contributed by atoms with E-state index in [0.717, 1.165) is 6.42 Å². The molecule has 0 fully saturated rings. The van der Waals surface area contributed by atoms with Crippen molar-refractivity contribution in [2.45, 2.75) is 33.1 Å². The fourth-order valence-electron chi connectivity index (χ4n) is 3.58. The van der Waals surface area contributed by atoms with Crippen molar-refractivity contribution in [2.24, 2.45) is 0 Å². The molecule has 0 aliphatic heterocycles. The van der Waals surface area contributed by atoms with E-state index in [4.69, 9.17) is 30.5 Å². The molecule has 0 N–H and O–H groups in total. The molecule has 4 rings (SSSR count). The first-order chi connectivity index (χ1) is 17.5. The summed E-state index contributed by atoms with van der Waals surface area (Å²) < 4.78 is 24.0. The van der Waals surface area contributed by atoms with Gasteiger partial charge in [0.1, 0.15) is 11.5 Å². The normalized spacial score (nSPS) is 10.6. The topological polar surface area (TPSA) is 71.1 Å². The summed E-state index contributed by atoms with van der Waals surface area (Å²) in [5.41, 5.74) is 0. The Hall–Kier alpha value is -4.03. The molecule has 4 aromatic carbocycles. The first-order valence-corrected chi connectivity index (χ1v) is 12.0. The minimum Gasteiger partial charge on any atom is -0.449 e. The van der Waals surface area contributed by atoms with E-state index in [2.05, 4.69) is 0 Å². The van der Waals surface area contributed by atoms with Crippen LogP contribution in [0.25, 0.3) is 10.8 Å². The van der Waals surface area contributed by atoms with Crippen LogP contribution in [0.3, 0.4) is 0 Å². The molecule has 0 bridgehead atoms. The van der Waals surface area contributed by atoms with E-state index in [-0.39, 0.29) is 29.4 Å². The van der Waals surface area contributed by atoms with Gasteiger partial charge < -0.3 is 18.9 Å². The Morgan fingerprint density at radius 3 is 1.81 bits per heavy atom. The zero-order valence-electron chi connectivity index (χ0n) is 20.0. The summed E-state index contributed by atoms with van der Waals surface area (Å²) in [5, 5.41) is 1.32. The van der Waals surface area contributed by atoms with Gasteiger partial charge in [-0.25, -0.2) is 0 Å². The van der Waals surface area contributed by atoms with Crippen molar-refractivity contribution in [3.05, 3.63) is 83.9 Å². The highest BCUT2D eigenvalue weighted by Crippen LogP contribution is 2.54. The van der Waals surface area contributed by atoms with Gasteiger partial charge >= 0.3 is 11.9 Å². The SMILES string of the molecule is CCCCC(=O)Oc1c(Oc2ccccc2)c(Oc2ccccc2)c(OC(C)=O)c2cc(Cl)ccc12. The Kier molecular flexibility index (Phi) is 8.08. The highest BCUT2D eigenvalue weighted by atomic mass is 35.5. The zero-order chi connectivity index (χ0) is 25.5. The first kappa shape index (κ1) is 25.1. The molecule has 0 amide bonds. The van der Waals surface area contributed by atoms with E-state index >= 15 is 0 Å². The fourth-order valence-corrected chi connectivity index (χ4v) is 3.76. The summed E-state index contributed by atoms with van der Waals surface area (Å²) in [5.74, 6) is 0.382. The predicted molar refractivity (Wildman–Crippen MR) is 138 cm³/mol. The number of ether oxygens (including phenoxy) is 4. The fraction of sp³-hybridized carbons (Fsp3) is 0.172. The van der Waals surface area contributed by atoms with Crippen LogP contribution in [-0.2, 0) is 9.59 Å². The van der Waals surface area contributed by atoms with E-state index in [1.54, 1.807) is 42.5 Å². The number of esters is 2. The van der Waals surface area contributed by atoms with Gasteiger partial charge in [0.2, 0.25) is 11.5 Å². The van der Waals surface area contributed by atoms with Gasteiger partial charge in [0.25, 0.3) is 0 Å². The van der Waals surface area contributed by atoms with Crippen molar-refractivity contribution in [1.82, 2.24) is 0 Å². The van der Waals surface area contributed by atoms with Gasteiger partial charge in [-0.1, -0.05) is 61.3 Å². The van der Waals surface area contributed by atoms with Crippen LogP contribution < -0.4 is 18.9 Å². The van der Waals surface area contributed by atoms with E-state index in [9.17, 15) is 9.59 Å². The first-order valence-electron chi connectivity index (χ1n) is 11.6. The lowest BCUT2D eigenvalue weighted by molar-refractivity contribution is -0.134. The van der Waals surface area contributed by atoms with Crippen molar-refractivity contribution >= 4 is 34.3 Å². The summed E-state index contributed by atoms with van der Waals surface area (Å²) in [7, 11) is 0. The average Bonchev–Trinajstić information content (AvgIpc) is 2.87. The van der Waals surface area contributed by atoms with Crippen LogP contribution in [0.15, 0.2) is 78.9 Å². The van der Waals surface area contributed by atoms with Crippen LogP contribution >= 0.6 is 11.6 Å². The second-order valence-corrected chi connectivity index (χ2v) is 8.44. The molecule has 36 heavy (non-hydrogen) atoms. The number of unbranched alkanes of at least 4 members (excludes halogenated alkanes) is 1. The second kappa shape index (κ2) is 11.6. The molecular formula is C29H25ClO6. The highest BCUT2D eigenvalue weighted by molar-refractivity contribution is 6.31. The monoisotopic (exact) mass is 504 g/mol. The Morgan fingerprint density at radius 2 is 1.28 bits per heavy atom. The van der Waals surface area contributed by atoms with Crippen LogP contribution in [0, 0.1) is 0 Å². The Balaban J connectivity index is 2.02. The molecule has 0 aliphatic rings. The molecule has 0 spiro atoms. The van der Waals surface area contributed by atoms with E-state index in [0.29, 0.717) is 33.7 Å². The van der Waals surface area contributed by atoms with Crippen molar-refractivity contribution in [3.63, 3.8) is 0 Å². The molecule has 0 saturated heterocycles. The van der Waals surface area contributed by atoms with Gasteiger partial charge in [-0.15, -0.1) is 0 Å². The minimum absolute atomic E-state index is 0.0771.